The molecule has 0 saturated heterocycles. The lowest BCUT2D eigenvalue weighted by Gasteiger charge is -2.36. The van der Waals surface area contributed by atoms with Crippen LogP contribution in [0.15, 0.2) is 162 Å². The zero-order chi connectivity index (χ0) is 76.9. The highest BCUT2D eigenvalue weighted by Gasteiger charge is 2.51. The predicted octanol–water partition coefficient (Wildman–Crippen LogP) is 35.8. The third kappa shape index (κ3) is 12.8. The van der Waals surface area contributed by atoms with E-state index in [1.165, 1.54) is 383 Å². The highest BCUT2D eigenvalue weighted by Crippen LogP contribution is 2.73. The van der Waals surface area contributed by atoms with Crippen molar-refractivity contribution in [3.05, 3.63) is 207 Å². The Bertz CT molecular complexity index is 6220. The highest BCUT2D eigenvalue weighted by molar-refractivity contribution is 6.64. The smallest absolute Gasteiger partial charge is 0.0225 e. The van der Waals surface area contributed by atoms with E-state index in [4.69, 9.17) is 0 Å². The summed E-state index contributed by atoms with van der Waals surface area (Å²) in [6, 6.07) is 52.8. The molecule has 0 fully saturated rings. The second-order valence-corrected chi connectivity index (χ2v) is 36.9. The van der Waals surface area contributed by atoms with E-state index >= 15 is 0 Å². The van der Waals surface area contributed by atoms with Gasteiger partial charge in [-0.3, -0.25) is 0 Å². The van der Waals surface area contributed by atoms with E-state index in [0.717, 1.165) is 38.5 Å². The summed E-state index contributed by atoms with van der Waals surface area (Å²) in [5.41, 5.74) is 18.4. The molecule has 0 aliphatic heterocycles. The molecule has 0 N–H and O–H groups in total. The topological polar surface area (TPSA) is 0 Å². The van der Waals surface area contributed by atoms with Gasteiger partial charge in [0.1, 0.15) is 0 Å². The highest BCUT2D eigenvalue weighted by atomic mass is 14.5. The third-order valence-electron chi connectivity index (χ3n) is 29.4. The first-order valence-electron chi connectivity index (χ1n) is 47.5. The van der Waals surface area contributed by atoms with Crippen LogP contribution in [0.4, 0.5) is 0 Å². The maximum absolute atomic E-state index is 2.72. The van der Waals surface area contributed by atoms with E-state index in [1.54, 1.807) is 65.5 Å². The summed E-state index contributed by atoms with van der Waals surface area (Å²) >= 11 is 0. The summed E-state index contributed by atoms with van der Waals surface area (Å²) in [5, 5.41) is 42.2. The van der Waals surface area contributed by atoms with Crippen LogP contribution >= 0.6 is 0 Å². The molecule has 0 spiro atoms. The van der Waals surface area contributed by atoms with Crippen molar-refractivity contribution in [2.45, 2.75) is 323 Å². The van der Waals surface area contributed by atoms with Crippen LogP contribution in [0.25, 0.3) is 156 Å². The summed E-state index contributed by atoms with van der Waals surface area (Å²) in [4.78, 5) is 0. The minimum Gasteiger partial charge on any atom is -0.0654 e. The molecule has 114 heavy (non-hydrogen) atoms. The van der Waals surface area contributed by atoms with Crippen LogP contribution < -0.4 is 0 Å². The summed E-state index contributed by atoms with van der Waals surface area (Å²) in [7, 11) is 0. The largest absolute Gasteiger partial charge is 0.0654 e. The molecule has 0 bridgehead atoms. The van der Waals surface area contributed by atoms with Crippen LogP contribution in [0.2, 0.25) is 0 Å². The number of aryl methyl sites for hydroxylation is 5. The van der Waals surface area contributed by atoms with Crippen LogP contribution in [-0.4, -0.2) is 0 Å². The number of benzene rings is 5. The molecule has 2 atom stereocenters. The molecule has 0 saturated carbocycles. The van der Waals surface area contributed by atoms with E-state index in [1.807, 2.05) is 0 Å². The monoisotopic (exact) mass is 1500 g/mol. The van der Waals surface area contributed by atoms with Crippen LogP contribution in [0.5, 0.6) is 0 Å². The van der Waals surface area contributed by atoms with Gasteiger partial charge >= 0.3 is 0 Å². The van der Waals surface area contributed by atoms with Crippen LogP contribution in [0.1, 0.15) is 335 Å². The van der Waals surface area contributed by atoms with Gasteiger partial charge in [0, 0.05) is 11.8 Å². The molecule has 0 aromatic heterocycles. The Hall–Kier alpha value is -8.32. The van der Waals surface area contributed by atoms with Crippen LogP contribution in [0, 0.1) is 0 Å². The summed E-state index contributed by atoms with van der Waals surface area (Å²) in [6.45, 7) is 14.1. The van der Waals surface area contributed by atoms with Gasteiger partial charge in [0.05, 0.1) is 0 Å². The molecule has 4 aliphatic carbocycles. The van der Waals surface area contributed by atoms with Crippen molar-refractivity contribution >= 4 is 156 Å². The normalized spacial score (nSPS) is 15.4. The van der Waals surface area contributed by atoms with Crippen molar-refractivity contribution in [1.29, 1.82) is 0 Å². The number of allylic oxidation sites excluding steroid dienone is 8. The Balaban J connectivity index is 0.982. The number of rotatable bonds is 42. The predicted molar refractivity (Wildman–Crippen MR) is 506 cm³/mol. The van der Waals surface area contributed by atoms with Crippen molar-refractivity contribution in [3.8, 4) is 0 Å². The molecular weight excluding hydrogens is 1370 g/mol. The average molecular weight is 1500 g/mol. The lowest BCUT2D eigenvalue weighted by Crippen LogP contribution is -2.17. The summed E-state index contributed by atoms with van der Waals surface area (Å²) in [6.07, 6.45) is 64.6. The molecule has 0 heterocycles. The summed E-state index contributed by atoms with van der Waals surface area (Å²) in [5.74, 6) is 0.265. The molecule has 4 aliphatic rings. The first-order chi connectivity index (χ1) is 56.5. The second-order valence-electron chi connectivity index (χ2n) is 36.9. The van der Waals surface area contributed by atoms with Gasteiger partial charge in [-0.1, -0.05) is 380 Å². The molecule has 0 heteroatoms. The van der Waals surface area contributed by atoms with Crippen molar-refractivity contribution in [2.24, 2.45) is 0 Å². The Morgan fingerprint density at radius 1 is 0.193 bits per heavy atom. The molecule has 584 valence electrons. The summed E-state index contributed by atoms with van der Waals surface area (Å²) < 4.78 is 0. The molecule has 0 amide bonds. The van der Waals surface area contributed by atoms with Gasteiger partial charge < -0.3 is 0 Å². The van der Waals surface area contributed by atoms with Crippen molar-refractivity contribution in [1.82, 2.24) is 0 Å². The first-order valence-corrected chi connectivity index (χ1v) is 47.5. The second kappa shape index (κ2) is 33.4. The standard InChI is InChI=1S/C114H128/c1-7-13-19-25-31-37-43-73-49-61-79-80(62-50-73)92-94-82-64-52-75(45-39-33-27-21-15-9-3)54-66-84(82)96-98-86-68-56-77(47-41-35-29-23-17-11-5)58-70-88(86)100-102-90-72-60-78(48-42-36-30-24-18-12-6)59-71-89(90)101-99-87-69-57-76(46-40-34-28-22-16-10-4)55-67-85(87)97-95-83-65-53-74(44-38-32-26-20-14-8-2)51-63-81(83)93-91(79)103(92)109-110(104(93)95)112(106(97)99)114(108(101)102)113(107(98)100)111(109)105(94)96/h49-72,91,103H,7-48H2,1-6H3. The molecule has 19 rings (SSSR count). The minimum absolute atomic E-state index is 0.132. The van der Waals surface area contributed by atoms with E-state index in [0.29, 0.717) is 0 Å². The fourth-order valence-electron chi connectivity index (χ4n) is 23.8. The van der Waals surface area contributed by atoms with E-state index in [2.05, 4.69) is 187 Å². The number of hydrogen-bond acceptors (Lipinski definition) is 0. The molecule has 0 radical (unpaired) electrons. The van der Waals surface area contributed by atoms with Crippen molar-refractivity contribution in [3.63, 3.8) is 0 Å². The van der Waals surface area contributed by atoms with Crippen molar-refractivity contribution < 1.29 is 0 Å². The lowest BCUT2D eigenvalue weighted by molar-refractivity contribution is 0.607. The molecule has 0 nitrogen and oxygen atoms in total. The molecule has 15 aromatic rings. The fourth-order valence-corrected chi connectivity index (χ4v) is 23.8. The van der Waals surface area contributed by atoms with Crippen LogP contribution in [0.3, 0.4) is 0 Å². The number of unbranched alkanes of at least 4 members (excludes halogenated alkanes) is 30. The van der Waals surface area contributed by atoms with Crippen LogP contribution in [-0.2, 0) is 32.1 Å². The Labute approximate surface area is 681 Å². The van der Waals surface area contributed by atoms with E-state index in [9.17, 15) is 0 Å². The Morgan fingerprint density at radius 3 is 0.807 bits per heavy atom. The zero-order valence-electron chi connectivity index (χ0n) is 70.7. The quantitative estimate of drug-likeness (QED) is 0.0203. The molecule has 15 aromatic carbocycles. The third-order valence-corrected chi connectivity index (χ3v) is 29.4. The van der Waals surface area contributed by atoms with E-state index in [-0.39, 0.29) is 11.8 Å². The fraction of sp³-hybridized carbons (Fsp3) is 0.439. The number of fused-ring (bicyclic) bond motifs is 23. The van der Waals surface area contributed by atoms with Crippen molar-refractivity contribution in [2.75, 3.05) is 0 Å². The lowest BCUT2D eigenvalue weighted by atomic mass is 9.65. The average Bonchev–Trinajstić information content (AvgIpc) is 1.44. The Kier molecular flexibility index (Phi) is 22.1. The number of hydrogen-bond donors (Lipinski definition) is 0. The van der Waals surface area contributed by atoms with E-state index < -0.39 is 0 Å². The first kappa shape index (κ1) is 75.7. The van der Waals surface area contributed by atoms with Gasteiger partial charge in [-0.2, -0.15) is 0 Å². The SMILES string of the molecule is CCCCCCCCC1=CC=C2C(=C3c4c5ccc(CCCCCCCC)ccc5c5c4c4c6c7c8c(c9ccc(CCCCCCCC)ccc9c8c8c9ccc(CCCCCCCC)ccc9c9c%10c%11ccc(CCCCCCCC)ccc%11c%11c%12c%13ccc(CCCCCCCC)ccc%13c5c%12c4c(c7c89)c%11%10)C2C36)C=C1. The van der Waals surface area contributed by atoms with Gasteiger partial charge in [0.25, 0.3) is 0 Å². The maximum Gasteiger partial charge on any atom is 0.0225 e. The zero-order valence-corrected chi connectivity index (χ0v) is 70.7. The maximum atomic E-state index is 2.72. The Morgan fingerprint density at radius 2 is 0.447 bits per heavy atom. The minimum atomic E-state index is 0.132. The van der Waals surface area contributed by atoms with Gasteiger partial charge in [0.2, 0.25) is 0 Å². The van der Waals surface area contributed by atoms with Gasteiger partial charge in [-0.05, 0) is 295 Å². The van der Waals surface area contributed by atoms with Gasteiger partial charge in [-0.15, -0.1) is 0 Å². The molecular formula is C114H128. The molecule has 2 unspecified atom stereocenters. The van der Waals surface area contributed by atoms with Gasteiger partial charge in [0.15, 0.2) is 0 Å². The van der Waals surface area contributed by atoms with Gasteiger partial charge in [-0.25, -0.2) is 0 Å².